The molecule has 0 radical (unpaired) electrons. The van der Waals surface area contributed by atoms with Crippen molar-refractivity contribution in [1.82, 2.24) is 0 Å². The van der Waals surface area contributed by atoms with Crippen molar-refractivity contribution in [2.24, 2.45) is 16.5 Å². The van der Waals surface area contributed by atoms with Crippen molar-refractivity contribution in [2.45, 2.75) is 44.9 Å². The number of hydrogen-bond donors (Lipinski definition) is 0. The van der Waals surface area contributed by atoms with Crippen LogP contribution in [0.5, 0.6) is 5.75 Å². The van der Waals surface area contributed by atoms with Crippen LogP contribution in [0.4, 0.5) is 0 Å². The predicted octanol–water partition coefficient (Wildman–Crippen LogP) is 3.69. The smallest absolute Gasteiger partial charge is 0.311 e. The molecule has 0 heterocycles. The van der Waals surface area contributed by atoms with Crippen molar-refractivity contribution in [3.05, 3.63) is 29.3 Å². The van der Waals surface area contributed by atoms with Crippen LogP contribution >= 0.6 is 0 Å². The molecular weight excluding hydrogens is 318 g/mol. The van der Waals surface area contributed by atoms with E-state index in [0.29, 0.717) is 6.42 Å². The van der Waals surface area contributed by atoms with Crippen LogP contribution in [-0.2, 0) is 19.8 Å². The fourth-order valence-electron chi connectivity index (χ4n) is 5.00. The van der Waals surface area contributed by atoms with Gasteiger partial charge >= 0.3 is 5.97 Å². The summed E-state index contributed by atoms with van der Waals surface area (Å²) in [5.74, 6) is 0.795. The summed E-state index contributed by atoms with van der Waals surface area (Å²) < 4.78 is 10.6. The molecule has 1 saturated carbocycles. The third-order valence-corrected chi connectivity index (χ3v) is 6.33. The number of hydrogen-bond acceptors (Lipinski definition) is 5. The maximum Gasteiger partial charge on any atom is 0.311 e. The summed E-state index contributed by atoms with van der Waals surface area (Å²) in [6.07, 6.45) is 3.56. The highest BCUT2D eigenvalue weighted by Crippen LogP contribution is 2.58. The third-order valence-electron chi connectivity index (χ3n) is 6.33. The van der Waals surface area contributed by atoms with Gasteiger partial charge in [0.25, 0.3) is 0 Å². The molecular formula is C20H27NO4. The van der Waals surface area contributed by atoms with Crippen LogP contribution in [0.3, 0.4) is 0 Å². The van der Waals surface area contributed by atoms with Gasteiger partial charge < -0.3 is 14.3 Å². The number of methoxy groups -OCH3 is 2. The van der Waals surface area contributed by atoms with Crippen molar-refractivity contribution >= 4 is 11.7 Å². The van der Waals surface area contributed by atoms with Crippen molar-refractivity contribution < 1.29 is 19.1 Å². The number of nitrogens with zero attached hydrogens (tertiary/aromatic N) is 1. The molecule has 0 aromatic heterocycles. The Morgan fingerprint density at radius 1 is 1.20 bits per heavy atom. The molecule has 1 aromatic carbocycles. The van der Waals surface area contributed by atoms with Gasteiger partial charge in [0.2, 0.25) is 0 Å². The van der Waals surface area contributed by atoms with Gasteiger partial charge in [0.15, 0.2) is 0 Å². The van der Waals surface area contributed by atoms with E-state index in [9.17, 15) is 4.79 Å². The lowest BCUT2D eigenvalue weighted by Gasteiger charge is -2.53. The van der Waals surface area contributed by atoms with Gasteiger partial charge in [-0.05, 0) is 61.3 Å². The first-order chi connectivity index (χ1) is 11.9. The minimum absolute atomic E-state index is 0.106. The second-order valence-electron chi connectivity index (χ2n) is 7.57. The van der Waals surface area contributed by atoms with Crippen molar-refractivity contribution in [3.8, 4) is 5.75 Å². The van der Waals surface area contributed by atoms with E-state index in [-0.39, 0.29) is 17.3 Å². The molecule has 0 aliphatic heterocycles. The number of carbonyl (C=O) groups excluding carboxylic acids is 1. The Labute approximate surface area is 149 Å². The zero-order valence-electron chi connectivity index (χ0n) is 15.7. The number of benzene rings is 1. The Bertz CT molecular complexity index is 714. The van der Waals surface area contributed by atoms with Crippen molar-refractivity contribution in [3.63, 3.8) is 0 Å². The lowest BCUT2D eigenvalue weighted by Crippen LogP contribution is -2.53. The number of fused-ring (bicyclic) bond motifs is 3. The van der Waals surface area contributed by atoms with Crippen LogP contribution in [0.25, 0.3) is 0 Å². The molecule has 3 atom stereocenters. The molecule has 2 aliphatic rings. The maximum atomic E-state index is 12.7. The summed E-state index contributed by atoms with van der Waals surface area (Å²) in [4.78, 5) is 17.8. The number of oxime groups is 1. The summed E-state index contributed by atoms with van der Waals surface area (Å²) in [7, 11) is 4.71. The highest BCUT2D eigenvalue weighted by atomic mass is 16.6. The summed E-state index contributed by atoms with van der Waals surface area (Å²) in [6.45, 7) is 4.30. The fourth-order valence-corrected chi connectivity index (χ4v) is 5.00. The number of ether oxygens (including phenoxy) is 2. The average Bonchev–Trinajstić information content (AvgIpc) is 2.62. The van der Waals surface area contributed by atoms with E-state index < -0.39 is 5.41 Å². The SMILES string of the molecule is CO/N=C1/C[C@@H]2C(C)(CCC[C@]2(C)C(=O)OC)c2cc(OC)ccc21. The molecule has 1 aromatic rings. The monoisotopic (exact) mass is 345 g/mol. The molecule has 2 aliphatic carbocycles. The van der Waals surface area contributed by atoms with Gasteiger partial charge in [-0.1, -0.05) is 18.5 Å². The van der Waals surface area contributed by atoms with Crippen LogP contribution in [0.2, 0.25) is 0 Å². The van der Waals surface area contributed by atoms with E-state index in [1.165, 1.54) is 12.7 Å². The standard InChI is InChI=1S/C20H27NO4/c1-19-9-6-10-20(2,18(22)24-4)17(19)12-16(21-25-5)14-8-7-13(23-3)11-15(14)19/h7-8,11,17H,6,9-10,12H2,1-5H3/b21-16-/t17-,19?,20+/m1/s1. The molecule has 136 valence electrons. The molecule has 1 unspecified atom stereocenters. The summed E-state index contributed by atoms with van der Waals surface area (Å²) in [6, 6.07) is 6.10. The van der Waals surface area contributed by atoms with E-state index >= 15 is 0 Å². The normalized spacial score (nSPS) is 32.5. The molecule has 0 spiro atoms. The molecule has 1 fully saturated rings. The van der Waals surface area contributed by atoms with Crippen LogP contribution in [0, 0.1) is 11.3 Å². The van der Waals surface area contributed by atoms with E-state index in [1.807, 2.05) is 13.0 Å². The van der Waals surface area contributed by atoms with Crippen molar-refractivity contribution in [1.29, 1.82) is 0 Å². The largest absolute Gasteiger partial charge is 0.497 e. The number of carbonyl (C=O) groups is 1. The van der Waals surface area contributed by atoms with Crippen LogP contribution in [-0.4, -0.2) is 33.0 Å². The average molecular weight is 345 g/mol. The predicted molar refractivity (Wildman–Crippen MR) is 96.0 cm³/mol. The van der Waals surface area contributed by atoms with Crippen molar-refractivity contribution in [2.75, 3.05) is 21.3 Å². The quantitative estimate of drug-likeness (QED) is 0.619. The van der Waals surface area contributed by atoms with Crippen LogP contribution in [0.1, 0.15) is 50.7 Å². The van der Waals surface area contributed by atoms with Gasteiger partial charge in [0.05, 0.1) is 25.3 Å². The van der Waals surface area contributed by atoms with Gasteiger partial charge in [-0.15, -0.1) is 0 Å². The summed E-state index contributed by atoms with van der Waals surface area (Å²) in [5.41, 5.74) is 2.51. The number of esters is 1. The zero-order chi connectivity index (χ0) is 18.2. The Hall–Kier alpha value is -2.04. The van der Waals surface area contributed by atoms with Gasteiger partial charge in [0.1, 0.15) is 12.9 Å². The zero-order valence-corrected chi connectivity index (χ0v) is 15.7. The fraction of sp³-hybridized carbons (Fsp3) is 0.600. The minimum atomic E-state index is -0.531. The van der Waals surface area contributed by atoms with E-state index in [1.54, 1.807) is 14.2 Å². The second kappa shape index (κ2) is 6.36. The van der Waals surface area contributed by atoms with Gasteiger partial charge in [-0.25, -0.2) is 0 Å². The first-order valence-electron chi connectivity index (χ1n) is 8.78. The molecule has 0 bridgehead atoms. The molecule has 0 saturated heterocycles. The molecule has 5 heteroatoms. The molecule has 3 rings (SSSR count). The lowest BCUT2D eigenvalue weighted by atomic mass is 9.49. The summed E-state index contributed by atoms with van der Waals surface area (Å²) >= 11 is 0. The molecule has 0 N–H and O–H groups in total. The molecule has 5 nitrogen and oxygen atoms in total. The maximum absolute atomic E-state index is 12.7. The van der Waals surface area contributed by atoms with Gasteiger partial charge in [-0.2, -0.15) is 0 Å². The Morgan fingerprint density at radius 2 is 1.96 bits per heavy atom. The van der Waals surface area contributed by atoms with Gasteiger partial charge in [-0.3, -0.25) is 4.79 Å². The second-order valence-corrected chi connectivity index (χ2v) is 7.57. The van der Waals surface area contributed by atoms with E-state index in [4.69, 9.17) is 14.3 Å². The van der Waals surface area contributed by atoms with Gasteiger partial charge in [0, 0.05) is 5.56 Å². The highest BCUT2D eigenvalue weighted by molar-refractivity contribution is 6.04. The number of rotatable bonds is 3. The first kappa shape index (κ1) is 17.8. The molecule has 25 heavy (non-hydrogen) atoms. The first-order valence-corrected chi connectivity index (χ1v) is 8.78. The third kappa shape index (κ3) is 2.60. The summed E-state index contributed by atoms with van der Waals surface area (Å²) in [5, 5.41) is 4.28. The highest BCUT2D eigenvalue weighted by Gasteiger charge is 2.57. The van der Waals surface area contributed by atoms with Crippen LogP contribution in [0.15, 0.2) is 23.4 Å². The Kier molecular flexibility index (Phi) is 4.52. The molecule has 0 amide bonds. The Balaban J connectivity index is 2.21. The topological polar surface area (TPSA) is 57.1 Å². The Morgan fingerprint density at radius 3 is 2.60 bits per heavy atom. The lowest BCUT2D eigenvalue weighted by molar-refractivity contribution is -0.160. The van der Waals surface area contributed by atoms with E-state index in [0.717, 1.165) is 36.3 Å². The van der Waals surface area contributed by atoms with E-state index in [2.05, 4.69) is 24.2 Å². The van der Waals surface area contributed by atoms with Crippen LogP contribution < -0.4 is 4.74 Å². The minimum Gasteiger partial charge on any atom is -0.497 e.